The predicted molar refractivity (Wildman–Crippen MR) is 104 cm³/mol. The molecule has 1 aliphatic heterocycles. The number of likely N-dealkylation sites (tertiary alicyclic amines) is 1. The monoisotopic (exact) mass is 382 g/mol. The first kappa shape index (κ1) is 19.9. The average molecular weight is 383 g/mol. The molecule has 0 aliphatic carbocycles. The van der Waals surface area contributed by atoms with Gasteiger partial charge in [0.25, 0.3) is 5.91 Å². The Morgan fingerprint density at radius 1 is 1.28 bits per heavy atom. The second-order valence-electron chi connectivity index (χ2n) is 6.38. The van der Waals surface area contributed by atoms with E-state index in [-0.39, 0.29) is 24.1 Å². The summed E-state index contributed by atoms with van der Waals surface area (Å²) in [6.07, 6.45) is 2.11. The molecule has 1 aromatic heterocycles. The van der Waals surface area contributed by atoms with Crippen LogP contribution >= 0.6 is 23.7 Å². The van der Waals surface area contributed by atoms with Crippen molar-refractivity contribution in [2.24, 2.45) is 5.92 Å². The highest BCUT2D eigenvalue weighted by atomic mass is 35.5. The molecule has 3 nitrogen and oxygen atoms in total. The van der Waals surface area contributed by atoms with Gasteiger partial charge in [-0.3, -0.25) is 4.79 Å². The van der Waals surface area contributed by atoms with Gasteiger partial charge in [0.15, 0.2) is 0 Å². The summed E-state index contributed by atoms with van der Waals surface area (Å²) < 4.78 is 13.1. The van der Waals surface area contributed by atoms with Gasteiger partial charge in [-0.15, -0.1) is 23.7 Å². The first-order valence-corrected chi connectivity index (χ1v) is 9.20. The number of aryl methyl sites for hydroxylation is 1. The van der Waals surface area contributed by atoms with E-state index >= 15 is 0 Å². The number of amides is 1. The van der Waals surface area contributed by atoms with Crippen LogP contribution in [0.3, 0.4) is 0 Å². The van der Waals surface area contributed by atoms with Crippen LogP contribution in [0.5, 0.6) is 0 Å². The third-order valence-corrected chi connectivity index (χ3v) is 5.72. The van der Waals surface area contributed by atoms with E-state index in [1.165, 1.54) is 23.5 Å². The lowest BCUT2D eigenvalue weighted by atomic mass is 9.96. The van der Waals surface area contributed by atoms with Crippen molar-refractivity contribution in [2.45, 2.75) is 19.8 Å². The van der Waals surface area contributed by atoms with E-state index in [0.717, 1.165) is 53.4 Å². The topological polar surface area (TPSA) is 32.3 Å². The van der Waals surface area contributed by atoms with Gasteiger partial charge in [-0.1, -0.05) is 12.1 Å². The molecule has 1 aromatic carbocycles. The van der Waals surface area contributed by atoms with Crippen molar-refractivity contribution >= 4 is 29.7 Å². The average Bonchev–Trinajstić information content (AvgIpc) is 2.98. The molecule has 2 heterocycles. The van der Waals surface area contributed by atoms with E-state index in [9.17, 15) is 9.18 Å². The highest BCUT2D eigenvalue weighted by molar-refractivity contribution is 7.14. The maximum absolute atomic E-state index is 13.1. The van der Waals surface area contributed by atoms with Gasteiger partial charge in [-0.05, 0) is 68.6 Å². The van der Waals surface area contributed by atoms with Gasteiger partial charge in [0.2, 0.25) is 0 Å². The van der Waals surface area contributed by atoms with Crippen molar-refractivity contribution < 1.29 is 9.18 Å². The molecule has 136 valence electrons. The lowest BCUT2D eigenvalue weighted by Gasteiger charge is -2.31. The molecule has 0 unspecified atom stereocenters. The van der Waals surface area contributed by atoms with Gasteiger partial charge in [0.05, 0.1) is 4.88 Å². The molecule has 6 heteroatoms. The number of hydrogen-bond donors (Lipinski definition) is 1. The molecular formula is C19H24ClFN2OS. The van der Waals surface area contributed by atoms with Crippen LogP contribution in [0.1, 0.15) is 27.4 Å². The lowest BCUT2D eigenvalue weighted by molar-refractivity contribution is 0.0696. The Balaban J connectivity index is 0.00000225. The molecule has 0 saturated carbocycles. The van der Waals surface area contributed by atoms with Crippen molar-refractivity contribution in [2.75, 3.05) is 26.7 Å². The smallest absolute Gasteiger partial charge is 0.263 e. The molecule has 1 saturated heterocycles. The standard InChI is InChI=1S/C19H23FN2OS.ClH/c1-13-17(15-3-5-16(20)6-4-15)11-18(24-13)19(23)22-9-7-14(8-10-22)12-21-2;/h3-6,11,14,21H,7-10,12H2,1-2H3;1H. The van der Waals surface area contributed by atoms with E-state index in [0.29, 0.717) is 5.92 Å². The van der Waals surface area contributed by atoms with Crippen LogP contribution in [0.2, 0.25) is 0 Å². The number of thiophene rings is 1. The lowest BCUT2D eigenvalue weighted by Crippen LogP contribution is -2.40. The summed E-state index contributed by atoms with van der Waals surface area (Å²) in [5, 5.41) is 3.22. The SMILES string of the molecule is CNCC1CCN(C(=O)c2cc(-c3ccc(F)cc3)c(C)s2)CC1.Cl. The molecule has 0 atom stereocenters. The maximum Gasteiger partial charge on any atom is 0.263 e. The van der Waals surface area contributed by atoms with Crippen molar-refractivity contribution in [1.82, 2.24) is 10.2 Å². The van der Waals surface area contributed by atoms with Crippen molar-refractivity contribution in [3.8, 4) is 11.1 Å². The Bertz CT molecular complexity index is 709. The van der Waals surface area contributed by atoms with E-state index < -0.39 is 0 Å². The number of rotatable bonds is 4. The Morgan fingerprint density at radius 2 is 1.92 bits per heavy atom. The summed E-state index contributed by atoms with van der Waals surface area (Å²) in [6, 6.07) is 8.40. The number of benzene rings is 1. The summed E-state index contributed by atoms with van der Waals surface area (Å²) in [5.41, 5.74) is 1.98. The third kappa shape index (κ3) is 4.60. The van der Waals surface area contributed by atoms with Crippen LogP contribution < -0.4 is 5.32 Å². The summed E-state index contributed by atoms with van der Waals surface area (Å²) in [7, 11) is 1.98. The maximum atomic E-state index is 13.1. The van der Waals surface area contributed by atoms with Crippen LogP contribution in [0.25, 0.3) is 11.1 Å². The number of nitrogens with zero attached hydrogens (tertiary/aromatic N) is 1. The largest absolute Gasteiger partial charge is 0.338 e. The molecule has 1 fully saturated rings. The minimum atomic E-state index is -0.243. The Hall–Kier alpha value is -1.43. The predicted octanol–water partition coefficient (Wildman–Crippen LogP) is 4.36. The Morgan fingerprint density at radius 3 is 2.52 bits per heavy atom. The van der Waals surface area contributed by atoms with Gasteiger partial charge < -0.3 is 10.2 Å². The highest BCUT2D eigenvalue weighted by Crippen LogP contribution is 2.32. The van der Waals surface area contributed by atoms with E-state index in [2.05, 4.69) is 5.32 Å². The zero-order valence-corrected chi connectivity index (χ0v) is 16.2. The summed E-state index contributed by atoms with van der Waals surface area (Å²) in [4.78, 5) is 16.6. The minimum absolute atomic E-state index is 0. The quantitative estimate of drug-likeness (QED) is 0.852. The number of nitrogens with one attached hydrogen (secondary N) is 1. The summed E-state index contributed by atoms with van der Waals surface area (Å²) >= 11 is 1.53. The fourth-order valence-electron chi connectivity index (χ4n) is 3.29. The van der Waals surface area contributed by atoms with Crippen LogP contribution in [0.4, 0.5) is 4.39 Å². The number of halogens is 2. The number of carbonyl (C=O) groups excluding carboxylic acids is 1. The van der Waals surface area contributed by atoms with E-state index in [1.54, 1.807) is 12.1 Å². The fourth-order valence-corrected chi connectivity index (χ4v) is 4.30. The number of carbonyl (C=O) groups is 1. The normalized spacial score (nSPS) is 15.1. The van der Waals surface area contributed by atoms with Crippen molar-refractivity contribution in [3.05, 3.63) is 45.9 Å². The molecule has 1 amide bonds. The Kier molecular flexibility index (Phi) is 6.99. The first-order valence-electron chi connectivity index (χ1n) is 8.38. The Labute approximate surface area is 158 Å². The summed E-state index contributed by atoms with van der Waals surface area (Å²) in [5.74, 6) is 0.547. The molecule has 1 N–H and O–H groups in total. The molecule has 2 aromatic rings. The second-order valence-corrected chi connectivity index (χ2v) is 7.64. The van der Waals surface area contributed by atoms with Crippen molar-refractivity contribution in [1.29, 1.82) is 0 Å². The zero-order chi connectivity index (χ0) is 17.1. The molecule has 3 rings (SSSR count). The van der Waals surface area contributed by atoms with Crippen LogP contribution in [0.15, 0.2) is 30.3 Å². The third-order valence-electron chi connectivity index (χ3n) is 4.68. The summed E-state index contributed by atoms with van der Waals surface area (Å²) in [6.45, 7) is 4.69. The molecule has 1 aliphatic rings. The second kappa shape index (κ2) is 8.79. The molecule has 0 spiro atoms. The van der Waals surface area contributed by atoms with E-state index in [1.807, 2.05) is 24.9 Å². The van der Waals surface area contributed by atoms with E-state index in [4.69, 9.17) is 0 Å². The van der Waals surface area contributed by atoms with Crippen LogP contribution in [0, 0.1) is 18.7 Å². The molecule has 0 bridgehead atoms. The first-order chi connectivity index (χ1) is 11.6. The van der Waals surface area contributed by atoms with Crippen LogP contribution in [-0.2, 0) is 0 Å². The van der Waals surface area contributed by atoms with Gasteiger partial charge in [0, 0.05) is 18.0 Å². The van der Waals surface area contributed by atoms with Gasteiger partial charge >= 0.3 is 0 Å². The molecular weight excluding hydrogens is 359 g/mol. The van der Waals surface area contributed by atoms with Crippen molar-refractivity contribution in [3.63, 3.8) is 0 Å². The van der Waals surface area contributed by atoms with Gasteiger partial charge in [-0.2, -0.15) is 0 Å². The molecule has 25 heavy (non-hydrogen) atoms. The number of hydrogen-bond acceptors (Lipinski definition) is 3. The van der Waals surface area contributed by atoms with Gasteiger partial charge in [0.1, 0.15) is 5.82 Å². The number of piperidine rings is 1. The zero-order valence-electron chi connectivity index (χ0n) is 14.5. The molecule has 0 radical (unpaired) electrons. The van der Waals surface area contributed by atoms with Crippen LogP contribution in [-0.4, -0.2) is 37.5 Å². The fraction of sp³-hybridized carbons (Fsp3) is 0.421. The van der Waals surface area contributed by atoms with Gasteiger partial charge in [-0.25, -0.2) is 4.39 Å². The minimum Gasteiger partial charge on any atom is -0.338 e. The highest BCUT2D eigenvalue weighted by Gasteiger charge is 2.25.